The fourth-order valence-electron chi connectivity index (χ4n) is 3.57. The van der Waals surface area contributed by atoms with Crippen molar-refractivity contribution in [3.05, 3.63) is 36.4 Å². The molecule has 1 unspecified atom stereocenters. The van der Waals surface area contributed by atoms with Crippen LogP contribution in [0, 0.1) is 0 Å². The van der Waals surface area contributed by atoms with Crippen LogP contribution < -0.4 is 0 Å². The first-order valence-electron chi connectivity index (χ1n) is 8.34. The first-order chi connectivity index (χ1) is 11.8. The van der Waals surface area contributed by atoms with Gasteiger partial charge in [-0.25, -0.2) is 4.98 Å². The lowest BCUT2D eigenvalue weighted by molar-refractivity contribution is -0.0686. The normalized spacial score (nSPS) is 21.5. The molecule has 0 amide bonds. The summed E-state index contributed by atoms with van der Waals surface area (Å²) >= 11 is 0. The van der Waals surface area contributed by atoms with Crippen LogP contribution in [0.4, 0.5) is 0 Å². The molecule has 25 heavy (non-hydrogen) atoms. The molecule has 7 nitrogen and oxygen atoms in total. The summed E-state index contributed by atoms with van der Waals surface area (Å²) in [5, 5.41) is 10.9. The van der Waals surface area contributed by atoms with Gasteiger partial charge in [0.05, 0.1) is 17.1 Å². The first kappa shape index (κ1) is 16.0. The molecule has 7 heteroatoms. The Morgan fingerprint density at radius 3 is 2.40 bits per heavy atom. The molecule has 1 saturated heterocycles. The molecule has 2 aromatic heterocycles. The van der Waals surface area contributed by atoms with Gasteiger partial charge in [0.1, 0.15) is 6.33 Å². The number of hydrogen-bond acceptors (Lipinski definition) is 6. The van der Waals surface area contributed by atoms with Crippen LogP contribution in [0.5, 0.6) is 0 Å². The molecule has 3 aromatic rings. The Bertz CT molecular complexity index is 865. The van der Waals surface area contributed by atoms with Gasteiger partial charge in [-0.2, -0.15) is 10.1 Å². The molecule has 4 rings (SSSR count). The van der Waals surface area contributed by atoms with Gasteiger partial charge in [0.2, 0.25) is 0 Å². The number of aromatic nitrogens is 5. The lowest BCUT2D eigenvalue weighted by Crippen LogP contribution is -2.28. The van der Waals surface area contributed by atoms with Crippen molar-refractivity contribution in [3.63, 3.8) is 0 Å². The number of benzene rings is 1. The quantitative estimate of drug-likeness (QED) is 0.784. The van der Waals surface area contributed by atoms with Gasteiger partial charge in [-0.3, -0.25) is 5.10 Å². The van der Waals surface area contributed by atoms with Crippen LogP contribution in [0.25, 0.3) is 22.8 Å². The van der Waals surface area contributed by atoms with Crippen molar-refractivity contribution in [2.24, 2.45) is 0 Å². The van der Waals surface area contributed by atoms with E-state index in [4.69, 9.17) is 9.26 Å². The van der Waals surface area contributed by atoms with E-state index in [-0.39, 0.29) is 17.1 Å². The highest BCUT2D eigenvalue weighted by molar-refractivity contribution is 5.61. The Hall–Kier alpha value is -2.54. The van der Waals surface area contributed by atoms with Crippen molar-refractivity contribution in [1.29, 1.82) is 0 Å². The maximum absolute atomic E-state index is 6.14. The van der Waals surface area contributed by atoms with Gasteiger partial charge < -0.3 is 9.26 Å². The van der Waals surface area contributed by atoms with Gasteiger partial charge in [0.25, 0.3) is 5.89 Å². The second-order valence-corrected chi connectivity index (χ2v) is 7.59. The molecule has 0 aliphatic carbocycles. The molecule has 3 heterocycles. The zero-order chi connectivity index (χ0) is 17.7. The number of hydrogen-bond donors (Lipinski definition) is 1. The molecule has 0 radical (unpaired) electrons. The van der Waals surface area contributed by atoms with E-state index in [1.165, 1.54) is 6.33 Å². The minimum atomic E-state index is -0.319. The average molecular weight is 339 g/mol. The number of ether oxygens (including phenoxy) is 1. The van der Waals surface area contributed by atoms with E-state index >= 15 is 0 Å². The maximum Gasteiger partial charge on any atom is 0.257 e. The molecular formula is C18H21N5O2. The lowest BCUT2D eigenvalue weighted by atomic mass is 9.87. The van der Waals surface area contributed by atoms with Crippen LogP contribution in [-0.4, -0.2) is 36.5 Å². The summed E-state index contributed by atoms with van der Waals surface area (Å²) in [7, 11) is 0. The Labute approximate surface area is 145 Å². The van der Waals surface area contributed by atoms with Crippen molar-refractivity contribution in [2.75, 3.05) is 0 Å². The van der Waals surface area contributed by atoms with E-state index in [1.54, 1.807) is 0 Å². The van der Waals surface area contributed by atoms with E-state index < -0.39 is 0 Å². The maximum atomic E-state index is 6.14. The summed E-state index contributed by atoms with van der Waals surface area (Å²) in [5.74, 6) is 2.04. The van der Waals surface area contributed by atoms with Crippen molar-refractivity contribution in [2.45, 2.75) is 51.2 Å². The van der Waals surface area contributed by atoms with Crippen molar-refractivity contribution < 1.29 is 9.26 Å². The molecule has 0 spiro atoms. The van der Waals surface area contributed by atoms with Crippen LogP contribution in [0.15, 0.2) is 35.1 Å². The topological polar surface area (TPSA) is 89.7 Å². The zero-order valence-electron chi connectivity index (χ0n) is 14.8. The summed E-state index contributed by atoms with van der Waals surface area (Å²) in [6.45, 7) is 8.35. The largest absolute Gasteiger partial charge is 0.369 e. The molecule has 130 valence electrons. The van der Waals surface area contributed by atoms with Gasteiger partial charge in [0.15, 0.2) is 11.6 Å². The van der Waals surface area contributed by atoms with Crippen molar-refractivity contribution >= 4 is 0 Å². The van der Waals surface area contributed by atoms with E-state index in [1.807, 2.05) is 24.3 Å². The van der Waals surface area contributed by atoms with Crippen molar-refractivity contribution in [3.8, 4) is 22.8 Å². The summed E-state index contributed by atoms with van der Waals surface area (Å²) in [5.41, 5.74) is 1.32. The first-order valence-corrected chi connectivity index (χ1v) is 8.34. The molecule has 1 aliphatic heterocycles. The van der Waals surface area contributed by atoms with Crippen LogP contribution in [0.1, 0.15) is 45.9 Å². The average Bonchev–Trinajstić information content (AvgIpc) is 3.26. The summed E-state index contributed by atoms with van der Waals surface area (Å²) < 4.78 is 11.6. The Balaban J connectivity index is 1.59. The standard InChI is InChI=1S/C18H21N5O2/c1-17(2)9-13(18(3,4)25-17)15-21-16(24-23-15)12-7-5-11(6-8-12)14-19-10-20-22-14/h5-8,10,13H,9H2,1-4H3,(H,19,20,22). The van der Waals surface area contributed by atoms with E-state index in [0.717, 1.165) is 23.4 Å². The Morgan fingerprint density at radius 2 is 1.80 bits per heavy atom. The highest BCUT2D eigenvalue weighted by Crippen LogP contribution is 2.46. The summed E-state index contributed by atoms with van der Waals surface area (Å²) in [6, 6.07) is 7.78. The predicted molar refractivity (Wildman–Crippen MR) is 91.7 cm³/mol. The molecule has 0 bridgehead atoms. The molecular weight excluding hydrogens is 318 g/mol. The highest BCUT2D eigenvalue weighted by Gasteiger charge is 2.48. The highest BCUT2D eigenvalue weighted by atomic mass is 16.5. The van der Waals surface area contributed by atoms with Gasteiger partial charge in [-0.1, -0.05) is 17.3 Å². The third kappa shape index (κ3) is 2.95. The number of H-pyrrole nitrogens is 1. The van der Waals surface area contributed by atoms with Gasteiger partial charge >= 0.3 is 0 Å². The van der Waals surface area contributed by atoms with Crippen molar-refractivity contribution in [1.82, 2.24) is 25.3 Å². The minimum absolute atomic E-state index is 0.105. The molecule has 1 N–H and O–H groups in total. The molecule has 1 aliphatic rings. The number of rotatable bonds is 3. The second-order valence-electron chi connectivity index (χ2n) is 7.59. The Morgan fingerprint density at radius 1 is 1.08 bits per heavy atom. The summed E-state index contributed by atoms with van der Waals surface area (Å²) in [4.78, 5) is 8.77. The van der Waals surface area contributed by atoms with Gasteiger partial charge in [0, 0.05) is 11.1 Å². The fourth-order valence-corrected chi connectivity index (χ4v) is 3.57. The monoisotopic (exact) mass is 339 g/mol. The molecule has 1 atom stereocenters. The predicted octanol–water partition coefficient (Wildman–Crippen LogP) is 3.58. The van der Waals surface area contributed by atoms with Gasteiger partial charge in [-0.15, -0.1) is 0 Å². The number of nitrogens with zero attached hydrogens (tertiary/aromatic N) is 4. The number of nitrogens with one attached hydrogen (secondary N) is 1. The fraction of sp³-hybridized carbons (Fsp3) is 0.444. The minimum Gasteiger partial charge on any atom is -0.369 e. The number of aromatic amines is 1. The zero-order valence-corrected chi connectivity index (χ0v) is 14.8. The van der Waals surface area contributed by atoms with E-state index in [0.29, 0.717) is 11.7 Å². The third-order valence-electron chi connectivity index (χ3n) is 4.65. The molecule has 1 fully saturated rings. The van der Waals surface area contributed by atoms with Crippen LogP contribution >= 0.6 is 0 Å². The smallest absolute Gasteiger partial charge is 0.257 e. The second kappa shape index (κ2) is 5.49. The van der Waals surface area contributed by atoms with Crippen LogP contribution in [0.3, 0.4) is 0 Å². The molecule has 0 saturated carbocycles. The van der Waals surface area contributed by atoms with Gasteiger partial charge in [-0.05, 0) is 46.2 Å². The van der Waals surface area contributed by atoms with E-state index in [9.17, 15) is 0 Å². The lowest BCUT2D eigenvalue weighted by Gasteiger charge is -2.25. The van der Waals surface area contributed by atoms with Crippen LogP contribution in [0.2, 0.25) is 0 Å². The van der Waals surface area contributed by atoms with E-state index in [2.05, 4.69) is 53.0 Å². The third-order valence-corrected chi connectivity index (χ3v) is 4.65. The van der Waals surface area contributed by atoms with Crippen LogP contribution in [-0.2, 0) is 4.74 Å². The summed E-state index contributed by atoms with van der Waals surface area (Å²) in [6.07, 6.45) is 2.35. The SMILES string of the molecule is CC1(C)CC(c2noc(-c3ccc(-c4ncn[nH]4)cc3)n2)C(C)(C)O1. The Kier molecular flexibility index (Phi) is 3.50. The molecule has 1 aromatic carbocycles.